The number of ether oxygens (including phenoxy) is 2. The van der Waals surface area contributed by atoms with Crippen molar-refractivity contribution in [3.8, 4) is 11.5 Å². The number of fused-ring (bicyclic) bond motifs is 2. The molecule has 2 N–H and O–H groups in total. The summed E-state index contributed by atoms with van der Waals surface area (Å²) in [5.74, 6) is 0.541. The molecular weight excluding hydrogens is 426 g/mol. The second-order valence-corrected chi connectivity index (χ2v) is 8.88. The number of hydrogen-bond donors (Lipinski definition) is 2. The van der Waals surface area contributed by atoms with Crippen LogP contribution >= 0.6 is 11.3 Å². The molecule has 0 saturated carbocycles. The van der Waals surface area contributed by atoms with Gasteiger partial charge in [-0.25, -0.2) is 4.98 Å². The average Bonchev–Trinajstić information content (AvgIpc) is 3.44. The Morgan fingerprint density at radius 1 is 1.12 bits per heavy atom. The Bertz CT molecular complexity index is 1190. The lowest BCUT2D eigenvalue weighted by atomic mass is 9.90. The Balaban J connectivity index is 1.33. The molecule has 0 bridgehead atoms. The number of aryl methyl sites for hydroxylation is 2. The van der Waals surface area contributed by atoms with E-state index >= 15 is 0 Å². The van der Waals surface area contributed by atoms with Crippen molar-refractivity contribution in [2.45, 2.75) is 38.5 Å². The Hall–Kier alpha value is -3.39. The van der Waals surface area contributed by atoms with Gasteiger partial charge in [0.15, 0.2) is 16.6 Å². The molecule has 0 fully saturated rings. The molecule has 0 radical (unpaired) electrons. The summed E-state index contributed by atoms with van der Waals surface area (Å²) in [4.78, 5) is 31.5. The van der Waals surface area contributed by atoms with Gasteiger partial charge in [0, 0.05) is 16.1 Å². The molecule has 2 aromatic carbocycles. The van der Waals surface area contributed by atoms with Crippen LogP contribution in [0, 0.1) is 0 Å². The third kappa shape index (κ3) is 3.93. The summed E-state index contributed by atoms with van der Waals surface area (Å²) in [6, 6.07) is 12.9. The number of nitrogens with zero attached hydrogens (tertiary/aromatic N) is 1. The smallest absolute Gasteiger partial charge is 0.257 e. The Morgan fingerprint density at radius 3 is 2.84 bits per heavy atom. The number of benzene rings is 2. The highest BCUT2D eigenvalue weighted by Crippen LogP contribution is 2.38. The minimum atomic E-state index is -0.323. The first kappa shape index (κ1) is 20.5. The van der Waals surface area contributed by atoms with Crippen molar-refractivity contribution in [3.63, 3.8) is 0 Å². The lowest BCUT2D eigenvalue weighted by Crippen LogP contribution is -2.25. The minimum Gasteiger partial charge on any atom is -0.454 e. The van der Waals surface area contributed by atoms with E-state index in [2.05, 4.69) is 22.5 Å². The fourth-order valence-electron chi connectivity index (χ4n) is 4.10. The molecule has 1 aliphatic carbocycles. The van der Waals surface area contributed by atoms with Gasteiger partial charge in [-0.05, 0) is 55.5 Å². The Labute approximate surface area is 189 Å². The quantitative estimate of drug-likeness (QED) is 0.587. The van der Waals surface area contributed by atoms with Crippen LogP contribution in [0.25, 0.3) is 0 Å². The van der Waals surface area contributed by atoms with Crippen molar-refractivity contribution in [2.24, 2.45) is 0 Å². The van der Waals surface area contributed by atoms with Crippen molar-refractivity contribution in [2.75, 3.05) is 17.4 Å². The summed E-state index contributed by atoms with van der Waals surface area (Å²) in [7, 11) is 0. The maximum Gasteiger partial charge on any atom is 0.257 e. The number of nitrogens with one attached hydrogen (secondary N) is 2. The highest BCUT2D eigenvalue weighted by Gasteiger charge is 2.31. The van der Waals surface area contributed by atoms with Crippen molar-refractivity contribution in [1.82, 2.24) is 4.98 Å². The number of amides is 2. The van der Waals surface area contributed by atoms with Gasteiger partial charge >= 0.3 is 0 Å². The fraction of sp³-hybridized carbons (Fsp3) is 0.292. The van der Waals surface area contributed by atoms with Crippen LogP contribution in [0.2, 0.25) is 0 Å². The van der Waals surface area contributed by atoms with Crippen LogP contribution in [0.3, 0.4) is 0 Å². The molecule has 32 heavy (non-hydrogen) atoms. The second-order valence-electron chi connectivity index (χ2n) is 7.79. The SMILES string of the molecule is CCc1ccccc1NC(=O)C1CCCc2sc(NC(=O)c3ccc4c(c3)OCO4)nc21. The van der Waals surface area contributed by atoms with E-state index in [1.165, 1.54) is 11.3 Å². The van der Waals surface area contributed by atoms with Crippen LogP contribution in [0.5, 0.6) is 11.5 Å². The van der Waals surface area contributed by atoms with Gasteiger partial charge in [-0.2, -0.15) is 0 Å². The van der Waals surface area contributed by atoms with Crippen molar-refractivity contribution < 1.29 is 19.1 Å². The van der Waals surface area contributed by atoms with Crippen LogP contribution in [0.15, 0.2) is 42.5 Å². The van der Waals surface area contributed by atoms with Crippen LogP contribution in [-0.4, -0.2) is 23.6 Å². The standard InChI is InChI=1S/C24H23N3O4S/c1-2-14-6-3-4-8-17(14)25-23(29)16-7-5-9-20-21(16)26-24(32-20)27-22(28)15-10-11-18-19(12-15)31-13-30-18/h3-4,6,8,10-12,16H,2,5,7,9,13H2,1H3,(H,25,29)(H,26,27,28). The van der Waals surface area contributed by atoms with Crippen LogP contribution < -0.4 is 20.1 Å². The first-order valence-electron chi connectivity index (χ1n) is 10.7. The maximum atomic E-state index is 13.1. The number of thiazole rings is 1. The van der Waals surface area contributed by atoms with Gasteiger partial charge in [-0.15, -0.1) is 11.3 Å². The zero-order valence-corrected chi connectivity index (χ0v) is 18.5. The summed E-state index contributed by atoms with van der Waals surface area (Å²) < 4.78 is 10.6. The van der Waals surface area contributed by atoms with E-state index in [4.69, 9.17) is 9.47 Å². The highest BCUT2D eigenvalue weighted by molar-refractivity contribution is 7.16. The molecule has 1 unspecified atom stereocenters. The van der Waals surface area contributed by atoms with E-state index in [0.717, 1.165) is 47.5 Å². The van der Waals surface area contributed by atoms with Gasteiger partial charge in [-0.3, -0.25) is 14.9 Å². The first-order valence-corrected chi connectivity index (χ1v) is 11.5. The summed E-state index contributed by atoms with van der Waals surface area (Å²) in [6.07, 6.45) is 3.37. The van der Waals surface area contributed by atoms with Gasteiger partial charge in [0.1, 0.15) is 0 Å². The van der Waals surface area contributed by atoms with Crippen LogP contribution in [-0.2, 0) is 17.6 Å². The number of hydrogen-bond acceptors (Lipinski definition) is 6. The summed E-state index contributed by atoms with van der Waals surface area (Å²) in [5.41, 5.74) is 3.19. The number of rotatable bonds is 5. The summed E-state index contributed by atoms with van der Waals surface area (Å²) in [6.45, 7) is 2.23. The van der Waals surface area contributed by atoms with Gasteiger partial charge in [-0.1, -0.05) is 25.1 Å². The molecule has 1 aromatic heterocycles. The lowest BCUT2D eigenvalue weighted by Gasteiger charge is -2.21. The highest BCUT2D eigenvalue weighted by atomic mass is 32.1. The molecule has 1 aliphatic heterocycles. The van der Waals surface area contributed by atoms with E-state index in [-0.39, 0.29) is 24.5 Å². The van der Waals surface area contributed by atoms with E-state index in [1.54, 1.807) is 18.2 Å². The second kappa shape index (κ2) is 8.63. The molecule has 0 spiro atoms. The number of aromatic nitrogens is 1. The predicted octanol–water partition coefficient (Wildman–Crippen LogP) is 4.75. The Kier molecular flexibility index (Phi) is 5.53. The fourth-order valence-corrected chi connectivity index (χ4v) is 5.16. The molecule has 0 saturated heterocycles. The van der Waals surface area contributed by atoms with Gasteiger partial charge in [0.05, 0.1) is 11.6 Å². The molecule has 2 aliphatic rings. The van der Waals surface area contributed by atoms with Gasteiger partial charge in [0.25, 0.3) is 5.91 Å². The largest absolute Gasteiger partial charge is 0.454 e. The molecule has 7 nitrogen and oxygen atoms in total. The average molecular weight is 450 g/mol. The van der Waals surface area contributed by atoms with E-state index < -0.39 is 0 Å². The third-order valence-electron chi connectivity index (χ3n) is 5.78. The number of carbonyl (C=O) groups is 2. The summed E-state index contributed by atoms with van der Waals surface area (Å²) >= 11 is 1.44. The molecule has 2 heterocycles. The van der Waals surface area contributed by atoms with Crippen LogP contribution in [0.4, 0.5) is 10.8 Å². The van der Waals surface area contributed by atoms with E-state index in [9.17, 15) is 9.59 Å². The molecule has 164 valence electrons. The van der Waals surface area contributed by atoms with Crippen molar-refractivity contribution >= 4 is 34.0 Å². The van der Waals surface area contributed by atoms with Crippen LogP contribution in [0.1, 0.15) is 52.2 Å². The maximum absolute atomic E-state index is 13.1. The topological polar surface area (TPSA) is 89.6 Å². The number of anilines is 2. The van der Waals surface area contributed by atoms with Crippen molar-refractivity contribution in [3.05, 3.63) is 64.2 Å². The van der Waals surface area contributed by atoms with E-state index in [0.29, 0.717) is 22.2 Å². The van der Waals surface area contributed by atoms with E-state index in [1.807, 2.05) is 24.3 Å². The zero-order valence-electron chi connectivity index (χ0n) is 17.6. The minimum absolute atomic E-state index is 0.0502. The predicted molar refractivity (Wildman–Crippen MR) is 123 cm³/mol. The number of para-hydroxylation sites is 1. The van der Waals surface area contributed by atoms with Gasteiger partial charge < -0.3 is 14.8 Å². The molecule has 8 heteroatoms. The summed E-state index contributed by atoms with van der Waals surface area (Å²) in [5, 5.41) is 6.46. The molecule has 5 rings (SSSR count). The monoisotopic (exact) mass is 449 g/mol. The lowest BCUT2D eigenvalue weighted by molar-refractivity contribution is -0.118. The molecule has 3 aromatic rings. The number of carbonyl (C=O) groups excluding carboxylic acids is 2. The molecule has 1 atom stereocenters. The first-order chi connectivity index (χ1) is 15.6. The Morgan fingerprint density at radius 2 is 1.97 bits per heavy atom. The molecular formula is C24H23N3O4S. The van der Waals surface area contributed by atoms with Crippen molar-refractivity contribution in [1.29, 1.82) is 0 Å². The van der Waals surface area contributed by atoms with Gasteiger partial charge in [0.2, 0.25) is 12.7 Å². The third-order valence-corrected chi connectivity index (χ3v) is 6.83. The normalized spacial score (nSPS) is 16.3. The zero-order chi connectivity index (χ0) is 22.1. The molecule has 2 amide bonds.